The summed E-state index contributed by atoms with van der Waals surface area (Å²) in [4.78, 5) is 13.8. The molecule has 2 fully saturated rings. The minimum absolute atomic E-state index is 0.637. The molecule has 0 amide bonds. The predicted octanol–water partition coefficient (Wildman–Crippen LogP) is 0.278. The summed E-state index contributed by atoms with van der Waals surface area (Å²) in [6, 6.07) is 2.69. The summed E-state index contributed by atoms with van der Waals surface area (Å²) in [6.07, 6.45) is 0. The monoisotopic (exact) mass is 277 g/mol. The van der Waals surface area contributed by atoms with E-state index in [9.17, 15) is 0 Å². The number of piperazine rings is 1. The molecule has 6 heteroatoms. The Hall–Kier alpha value is -1.40. The average Bonchev–Trinajstić information content (AvgIpc) is 2.37. The minimum Gasteiger partial charge on any atom is -0.478 e. The lowest BCUT2D eigenvalue weighted by Gasteiger charge is -2.43. The second-order valence-electron chi connectivity index (χ2n) is 5.38. The molecule has 0 atom stereocenters. The van der Waals surface area contributed by atoms with Gasteiger partial charge in [0.15, 0.2) is 0 Å². The summed E-state index contributed by atoms with van der Waals surface area (Å²) in [7, 11) is 0. The van der Waals surface area contributed by atoms with Gasteiger partial charge in [-0.3, -0.25) is 4.90 Å². The van der Waals surface area contributed by atoms with Crippen LogP contribution in [0.1, 0.15) is 12.7 Å². The number of anilines is 1. The van der Waals surface area contributed by atoms with Crippen LogP contribution in [0.5, 0.6) is 5.88 Å². The van der Waals surface area contributed by atoms with Crippen LogP contribution in [-0.2, 0) is 0 Å². The minimum atomic E-state index is 0.637. The molecule has 1 aromatic rings. The second kappa shape index (κ2) is 5.93. The first-order chi connectivity index (χ1) is 9.76. The van der Waals surface area contributed by atoms with Crippen molar-refractivity contribution in [3.63, 3.8) is 0 Å². The van der Waals surface area contributed by atoms with Gasteiger partial charge in [0.2, 0.25) is 5.88 Å². The number of hydrogen-bond acceptors (Lipinski definition) is 6. The number of nitrogens with zero attached hydrogens (tertiary/aromatic N) is 4. The van der Waals surface area contributed by atoms with Gasteiger partial charge in [-0.25, -0.2) is 4.98 Å². The van der Waals surface area contributed by atoms with E-state index in [-0.39, 0.29) is 0 Å². The van der Waals surface area contributed by atoms with Crippen molar-refractivity contribution >= 4 is 5.82 Å². The standard InChI is InChI=1S/C14H23N5O/c1-3-20-14-8-13(16-11(2)17-14)19-6-4-18(5-7-19)12-9-15-10-12/h8,12,15H,3-7,9-10H2,1-2H3. The van der Waals surface area contributed by atoms with Gasteiger partial charge in [0, 0.05) is 51.4 Å². The lowest BCUT2D eigenvalue weighted by atomic mass is 10.1. The van der Waals surface area contributed by atoms with E-state index in [1.807, 2.05) is 19.9 Å². The van der Waals surface area contributed by atoms with E-state index in [0.717, 1.165) is 57.0 Å². The van der Waals surface area contributed by atoms with Crippen molar-refractivity contribution < 1.29 is 4.74 Å². The van der Waals surface area contributed by atoms with Crippen LogP contribution >= 0.6 is 0 Å². The number of ether oxygens (including phenoxy) is 1. The largest absolute Gasteiger partial charge is 0.478 e. The molecule has 0 bridgehead atoms. The van der Waals surface area contributed by atoms with E-state index in [4.69, 9.17) is 4.74 Å². The molecule has 20 heavy (non-hydrogen) atoms. The maximum Gasteiger partial charge on any atom is 0.218 e. The van der Waals surface area contributed by atoms with Crippen LogP contribution in [0, 0.1) is 6.92 Å². The molecule has 0 unspecified atom stereocenters. The van der Waals surface area contributed by atoms with Gasteiger partial charge in [-0.15, -0.1) is 0 Å². The Morgan fingerprint density at radius 1 is 1.25 bits per heavy atom. The zero-order chi connectivity index (χ0) is 13.9. The molecule has 3 heterocycles. The van der Waals surface area contributed by atoms with Gasteiger partial charge >= 0.3 is 0 Å². The molecule has 3 rings (SSSR count). The zero-order valence-electron chi connectivity index (χ0n) is 12.3. The van der Waals surface area contributed by atoms with Crippen molar-refractivity contribution in [2.75, 3.05) is 50.8 Å². The van der Waals surface area contributed by atoms with Crippen molar-refractivity contribution in [2.24, 2.45) is 0 Å². The average molecular weight is 277 g/mol. The van der Waals surface area contributed by atoms with Crippen LogP contribution in [0.2, 0.25) is 0 Å². The normalized spacial score (nSPS) is 20.8. The highest BCUT2D eigenvalue weighted by Crippen LogP contribution is 2.20. The molecule has 0 spiro atoms. The summed E-state index contributed by atoms with van der Waals surface area (Å²) in [5, 5.41) is 3.34. The molecule has 0 radical (unpaired) electrons. The molecule has 2 aliphatic heterocycles. The highest BCUT2D eigenvalue weighted by molar-refractivity contribution is 5.42. The molecule has 2 aliphatic rings. The fraction of sp³-hybridized carbons (Fsp3) is 0.714. The van der Waals surface area contributed by atoms with Gasteiger partial charge < -0.3 is 15.0 Å². The lowest BCUT2D eigenvalue weighted by Crippen LogP contribution is -2.61. The fourth-order valence-electron chi connectivity index (χ4n) is 2.76. The second-order valence-corrected chi connectivity index (χ2v) is 5.38. The first kappa shape index (κ1) is 13.6. The third-order valence-electron chi connectivity index (χ3n) is 4.01. The Morgan fingerprint density at radius 2 is 2.00 bits per heavy atom. The van der Waals surface area contributed by atoms with Gasteiger partial charge in [0.25, 0.3) is 0 Å². The molecule has 1 N–H and O–H groups in total. The highest BCUT2D eigenvalue weighted by Gasteiger charge is 2.28. The molecule has 110 valence electrons. The van der Waals surface area contributed by atoms with Crippen molar-refractivity contribution in [3.05, 3.63) is 11.9 Å². The Labute approximate surface area is 120 Å². The summed E-state index contributed by atoms with van der Waals surface area (Å²) in [5.41, 5.74) is 0. The third-order valence-corrected chi connectivity index (χ3v) is 4.01. The molecule has 0 aliphatic carbocycles. The topological polar surface area (TPSA) is 53.5 Å². The van der Waals surface area contributed by atoms with Crippen LogP contribution in [0.25, 0.3) is 0 Å². The van der Waals surface area contributed by atoms with Crippen LogP contribution in [0.15, 0.2) is 6.07 Å². The lowest BCUT2D eigenvalue weighted by molar-refractivity contribution is 0.137. The van der Waals surface area contributed by atoms with Gasteiger partial charge in [-0.1, -0.05) is 0 Å². The summed E-state index contributed by atoms with van der Waals surface area (Å²) >= 11 is 0. The molecule has 0 aromatic carbocycles. The van der Waals surface area contributed by atoms with Gasteiger partial charge in [-0.05, 0) is 13.8 Å². The Bertz CT molecular complexity index is 455. The Balaban J connectivity index is 1.64. The van der Waals surface area contributed by atoms with Crippen LogP contribution in [-0.4, -0.2) is 66.8 Å². The van der Waals surface area contributed by atoms with Gasteiger partial charge in [-0.2, -0.15) is 4.98 Å². The maximum atomic E-state index is 5.51. The molecule has 6 nitrogen and oxygen atoms in total. The van der Waals surface area contributed by atoms with E-state index in [0.29, 0.717) is 12.5 Å². The number of rotatable bonds is 4. The zero-order valence-corrected chi connectivity index (χ0v) is 12.3. The van der Waals surface area contributed by atoms with E-state index >= 15 is 0 Å². The summed E-state index contributed by atoms with van der Waals surface area (Å²) in [6.45, 7) is 11.1. The quantitative estimate of drug-likeness (QED) is 0.853. The predicted molar refractivity (Wildman–Crippen MR) is 78.4 cm³/mol. The number of aromatic nitrogens is 2. The van der Waals surface area contributed by atoms with Crippen molar-refractivity contribution in [3.8, 4) is 5.88 Å². The van der Waals surface area contributed by atoms with Gasteiger partial charge in [0.05, 0.1) is 6.61 Å². The summed E-state index contributed by atoms with van der Waals surface area (Å²) in [5.74, 6) is 2.45. The molecular weight excluding hydrogens is 254 g/mol. The van der Waals surface area contributed by atoms with E-state index in [2.05, 4.69) is 25.1 Å². The van der Waals surface area contributed by atoms with E-state index in [1.54, 1.807) is 0 Å². The van der Waals surface area contributed by atoms with Crippen molar-refractivity contribution in [2.45, 2.75) is 19.9 Å². The number of hydrogen-bond donors (Lipinski definition) is 1. The summed E-state index contributed by atoms with van der Waals surface area (Å²) < 4.78 is 5.51. The van der Waals surface area contributed by atoms with Crippen LogP contribution in [0.3, 0.4) is 0 Å². The van der Waals surface area contributed by atoms with Crippen LogP contribution in [0.4, 0.5) is 5.82 Å². The SMILES string of the molecule is CCOc1cc(N2CCN(C3CNC3)CC2)nc(C)n1. The number of aryl methyl sites for hydroxylation is 1. The maximum absolute atomic E-state index is 5.51. The molecule has 0 saturated carbocycles. The van der Waals surface area contributed by atoms with Crippen molar-refractivity contribution in [1.82, 2.24) is 20.2 Å². The van der Waals surface area contributed by atoms with E-state index in [1.165, 1.54) is 0 Å². The highest BCUT2D eigenvalue weighted by atomic mass is 16.5. The molecule has 2 saturated heterocycles. The molecular formula is C14H23N5O. The first-order valence-corrected chi connectivity index (χ1v) is 7.44. The first-order valence-electron chi connectivity index (χ1n) is 7.44. The number of nitrogens with one attached hydrogen (secondary N) is 1. The molecule has 1 aromatic heterocycles. The third kappa shape index (κ3) is 2.86. The Morgan fingerprint density at radius 3 is 2.60 bits per heavy atom. The smallest absolute Gasteiger partial charge is 0.218 e. The van der Waals surface area contributed by atoms with Gasteiger partial charge in [0.1, 0.15) is 11.6 Å². The van der Waals surface area contributed by atoms with Crippen molar-refractivity contribution in [1.29, 1.82) is 0 Å². The fourth-order valence-corrected chi connectivity index (χ4v) is 2.76. The Kier molecular flexibility index (Phi) is 4.03. The van der Waals surface area contributed by atoms with E-state index < -0.39 is 0 Å². The van der Waals surface area contributed by atoms with Crippen LogP contribution < -0.4 is 15.0 Å².